The summed E-state index contributed by atoms with van der Waals surface area (Å²) in [4.78, 5) is 0.549. The van der Waals surface area contributed by atoms with Gasteiger partial charge in [0.05, 0.1) is 9.79 Å². The molecule has 4 rings (SSSR count). The van der Waals surface area contributed by atoms with E-state index in [4.69, 9.17) is 0 Å². The van der Waals surface area contributed by atoms with Crippen LogP contribution in [-0.4, -0.2) is 8.42 Å². The number of benzene rings is 4. The molecule has 0 heterocycles. The predicted molar refractivity (Wildman–Crippen MR) is 101 cm³/mol. The van der Waals surface area contributed by atoms with E-state index in [1.54, 1.807) is 60.7 Å². The van der Waals surface area contributed by atoms with Gasteiger partial charge < -0.3 is 0 Å². The summed E-state index contributed by atoms with van der Waals surface area (Å²) in [5, 5.41) is 1.77. The molecular formula is C22H15FO2S. The van der Waals surface area contributed by atoms with E-state index in [-0.39, 0.29) is 15.6 Å². The van der Waals surface area contributed by atoms with Gasteiger partial charge in [0.2, 0.25) is 9.84 Å². The number of sulfone groups is 1. The number of hydrogen-bond acceptors (Lipinski definition) is 2. The van der Waals surface area contributed by atoms with E-state index in [2.05, 4.69) is 0 Å². The fraction of sp³-hybridized carbons (Fsp3) is 0. The highest BCUT2D eigenvalue weighted by Crippen LogP contribution is 2.28. The molecular weight excluding hydrogens is 347 g/mol. The van der Waals surface area contributed by atoms with Crippen LogP contribution in [0.3, 0.4) is 0 Å². The maximum atomic E-state index is 13.1. The highest BCUT2D eigenvalue weighted by molar-refractivity contribution is 7.91. The normalized spacial score (nSPS) is 11.6. The molecule has 26 heavy (non-hydrogen) atoms. The standard InChI is InChI=1S/C22H15FO2S/c23-20-11-8-16(9-12-20)17-6-7-19-15-22(13-10-18(19)14-17)26(24,25)21-4-2-1-3-5-21/h1-15H. The first-order valence-electron chi connectivity index (χ1n) is 8.14. The van der Waals surface area contributed by atoms with E-state index in [0.717, 1.165) is 21.9 Å². The van der Waals surface area contributed by atoms with Gasteiger partial charge in [-0.1, -0.05) is 48.5 Å². The Labute approximate surface area is 151 Å². The minimum absolute atomic E-state index is 0.269. The van der Waals surface area contributed by atoms with E-state index in [9.17, 15) is 12.8 Å². The summed E-state index contributed by atoms with van der Waals surface area (Å²) in [7, 11) is -3.54. The third kappa shape index (κ3) is 3.00. The summed E-state index contributed by atoms with van der Waals surface area (Å²) in [6, 6.07) is 25.6. The molecule has 0 amide bonds. The van der Waals surface area contributed by atoms with E-state index in [1.165, 1.54) is 12.1 Å². The zero-order valence-electron chi connectivity index (χ0n) is 13.8. The molecule has 0 aromatic heterocycles. The van der Waals surface area contributed by atoms with Crippen LogP contribution in [0, 0.1) is 5.82 Å². The van der Waals surface area contributed by atoms with Gasteiger partial charge in [-0.05, 0) is 64.4 Å². The first kappa shape index (κ1) is 16.5. The quantitative estimate of drug-likeness (QED) is 0.484. The molecule has 4 aromatic carbocycles. The molecule has 0 aliphatic carbocycles. The molecule has 0 radical (unpaired) electrons. The molecule has 0 unspecified atom stereocenters. The second-order valence-electron chi connectivity index (χ2n) is 6.05. The van der Waals surface area contributed by atoms with Gasteiger partial charge in [-0.15, -0.1) is 0 Å². The van der Waals surface area contributed by atoms with Crippen molar-refractivity contribution in [1.29, 1.82) is 0 Å². The lowest BCUT2D eigenvalue weighted by molar-refractivity contribution is 0.596. The minimum atomic E-state index is -3.54. The fourth-order valence-corrected chi connectivity index (χ4v) is 4.27. The number of rotatable bonds is 3. The second kappa shape index (κ2) is 6.39. The summed E-state index contributed by atoms with van der Waals surface area (Å²) in [6.45, 7) is 0. The van der Waals surface area contributed by atoms with Crippen LogP contribution in [0.2, 0.25) is 0 Å². The van der Waals surface area contributed by atoms with Crippen LogP contribution in [0.5, 0.6) is 0 Å². The van der Waals surface area contributed by atoms with Crippen LogP contribution in [0.15, 0.2) is 101 Å². The SMILES string of the molecule is O=S(=O)(c1ccccc1)c1ccc2cc(-c3ccc(F)cc3)ccc2c1. The molecule has 0 bridgehead atoms. The van der Waals surface area contributed by atoms with Gasteiger partial charge >= 0.3 is 0 Å². The van der Waals surface area contributed by atoms with Crippen LogP contribution in [-0.2, 0) is 9.84 Å². The van der Waals surface area contributed by atoms with Gasteiger partial charge in [-0.2, -0.15) is 0 Å². The summed E-state index contributed by atoms with van der Waals surface area (Å²) < 4.78 is 38.6. The zero-order valence-corrected chi connectivity index (χ0v) is 14.6. The lowest BCUT2D eigenvalue weighted by Crippen LogP contribution is -2.01. The Kier molecular flexibility index (Phi) is 4.05. The Hall–Kier alpha value is -2.98. The largest absolute Gasteiger partial charge is 0.219 e. The molecule has 0 N–H and O–H groups in total. The predicted octanol–water partition coefficient (Wildman–Crippen LogP) is 5.48. The van der Waals surface area contributed by atoms with Crippen molar-refractivity contribution in [2.75, 3.05) is 0 Å². The van der Waals surface area contributed by atoms with Gasteiger partial charge in [-0.3, -0.25) is 0 Å². The van der Waals surface area contributed by atoms with E-state index >= 15 is 0 Å². The maximum absolute atomic E-state index is 13.1. The lowest BCUT2D eigenvalue weighted by atomic mass is 10.0. The summed E-state index contributed by atoms with van der Waals surface area (Å²) in [5.74, 6) is -0.273. The van der Waals surface area contributed by atoms with Crippen molar-refractivity contribution < 1.29 is 12.8 Å². The Morgan fingerprint density at radius 3 is 1.92 bits per heavy atom. The molecule has 0 spiro atoms. The molecule has 4 aromatic rings. The maximum Gasteiger partial charge on any atom is 0.206 e. The first-order valence-corrected chi connectivity index (χ1v) is 9.62. The van der Waals surface area contributed by atoms with Crippen molar-refractivity contribution >= 4 is 20.6 Å². The van der Waals surface area contributed by atoms with E-state index in [0.29, 0.717) is 0 Å². The van der Waals surface area contributed by atoms with Crippen molar-refractivity contribution in [3.63, 3.8) is 0 Å². The monoisotopic (exact) mass is 362 g/mol. The third-order valence-electron chi connectivity index (χ3n) is 4.35. The zero-order chi connectivity index (χ0) is 18.1. The first-order chi connectivity index (χ1) is 12.5. The number of hydrogen-bond donors (Lipinski definition) is 0. The minimum Gasteiger partial charge on any atom is -0.219 e. The van der Waals surface area contributed by atoms with Crippen LogP contribution >= 0.6 is 0 Å². The van der Waals surface area contributed by atoms with Crippen molar-refractivity contribution in [3.8, 4) is 11.1 Å². The summed E-state index contributed by atoms with van der Waals surface area (Å²) in [6.07, 6.45) is 0. The Balaban J connectivity index is 1.77. The highest BCUT2D eigenvalue weighted by Gasteiger charge is 2.17. The molecule has 0 saturated heterocycles. The number of fused-ring (bicyclic) bond motifs is 1. The molecule has 2 nitrogen and oxygen atoms in total. The van der Waals surface area contributed by atoms with Crippen molar-refractivity contribution in [3.05, 3.63) is 96.8 Å². The Morgan fingerprint density at radius 1 is 0.577 bits per heavy atom. The average Bonchev–Trinajstić information content (AvgIpc) is 2.68. The van der Waals surface area contributed by atoms with E-state index in [1.807, 2.05) is 18.2 Å². The van der Waals surface area contributed by atoms with Crippen LogP contribution in [0.25, 0.3) is 21.9 Å². The van der Waals surface area contributed by atoms with Gasteiger partial charge in [-0.25, -0.2) is 12.8 Å². The fourth-order valence-electron chi connectivity index (χ4n) is 2.95. The Bertz CT molecular complexity index is 1180. The topological polar surface area (TPSA) is 34.1 Å². The molecule has 0 fully saturated rings. The third-order valence-corrected chi connectivity index (χ3v) is 6.12. The molecule has 0 saturated carbocycles. The van der Waals surface area contributed by atoms with Gasteiger partial charge in [0, 0.05) is 0 Å². The second-order valence-corrected chi connectivity index (χ2v) is 8.00. The summed E-state index contributed by atoms with van der Waals surface area (Å²) in [5.41, 5.74) is 1.87. The smallest absolute Gasteiger partial charge is 0.206 e. The molecule has 0 aliphatic heterocycles. The molecule has 0 atom stereocenters. The van der Waals surface area contributed by atoms with Crippen LogP contribution < -0.4 is 0 Å². The van der Waals surface area contributed by atoms with Crippen molar-refractivity contribution in [1.82, 2.24) is 0 Å². The molecule has 4 heteroatoms. The van der Waals surface area contributed by atoms with Gasteiger partial charge in [0.15, 0.2) is 0 Å². The average molecular weight is 362 g/mol. The molecule has 128 valence electrons. The van der Waals surface area contributed by atoms with Gasteiger partial charge in [0.1, 0.15) is 5.82 Å². The number of halogens is 1. The van der Waals surface area contributed by atoms with Crippen LogP contribution in [0.4, 0.5) is 4.39 Å². The van der Waals surface area contributed by atoms with E-state index < -0.39 is 9.84 Å². The lowest BCUT2D eigenvalue weighted by Gasteiger charge is -2.08. The highest BCUT2D eigenvalue weighted by atomic mass is 32.2. The Morgan fingerprint density at radius 2 is 1.19 bits per heavy atom. The van der Waals surface area contributed by atoms with Gasteiger partial charge in [0.25, 0.3) is 0 Å². The summed E-state index contributed by atoms with van der Waals surface area (Å²) >= 11 is 0. The van der Waals surface area contributed by atoms with Crippen LogP contribution in [0.1, 0.15) is 0 Å². The molecule has 0 aliphatic rings. The van der Waals surface area contributed by atoms with Crippen molar-refractivity contribution in [2.24, 2.45) is 0 Å². The van der Waals surface area contributed by atoms with Crippen molar-refractivity contribution in [2.45, 2.75) is 9.79 Å².